The van der Waals surface area contributed by atoms with Gasteiger partial charge in [0.05, 0.1) is 0 Å². The van der Waals surface area contributed by atoms with E-state index in [1.54, 1.807) is 6.08 Å². The molecule has 0 aromatic carbocycles. The number of carbonyl (C=O) groups excluding carboxylic acids is 1. The van der Waals surface area contributed by atoms with E-state index in [0.717, 1.165) is 11.9 Å². The molecule has 22 heavy (non-hydrogen) atoms. The maximum Gasteiger partial charge on any atom is 0.143 e. The summed E-state index contributed by atoms with van der Waals surface area (Å²) in [6.45, 7) is 13.1. The third-order valence-electron chi connectivity index (χ3n) is 4.59. The summed E-state index contributed by atoms with van der Waals surface area (Å²) < 4.78 is 0. The number of hydrogen-bond acceptors (Lipinski definition) is 1. The number of hydrogen-bond donors (Lipinski definition) is 0. The van der Waals surface area contributed by atoms with E-state index in [2.05, 4.69) is 52.8 Å². The zero-order valence-electron chi connectivity index (χ0n) is 15.0. The highest BCUT2D eigenvalue weighted by molar-refractivity contribution is 5.67. The van der Waals surface area contributed by atoms with Gasteiger partial charge in [-0.25, -0.2) is 0 Å². The molecule has 0 radical (unpaired) electrons. The van der Waals surface area contributed by atoms with Gasteiger partial charge in [0.15, 0.2) is 0 Å². The van der Waals surface area contributed by atoms with Gasteiger partial charge in [-0.2, -0.15) is 0 Å². The predicted molar refractivity (Wildman–Crippen MR) is 96.8 cm³/mol. The van der Waals surface area contributed by atoms with Crippen LogP contribution in [0, 0.1) is 5.41 Å². The molecule has 0 bridgehead atoms. The average molecular weight is 298 g/mol. The summed E-state index contributed by atoms with van der Waals surface area (Å²) in [6, 6.07) is 0. The van der Waals surface area contributed by atoms with Crippen LogP contribution in [0.25, 0.3) is 0 Å². The lowest BCUT2D eigenvalue weighted by Gasteiger charge is -2.33. The first-order chi connectivity index (χ1) is 10.3. The predicted octanol–water partition coefficient (Wildman–Crippen LogP) is 6.11. The Bertz CT molecular complexity index is 563. The Morgan fingerprint density at radius 2 is 1.68 bits per heavy atom. The van der Waals surface area contributed by atoms with Crippen LogP contribution in [-0.2, 0) is 4.79 Å². The summed E-state index contributed by atoms with van der Waals surface area (Å²) in [6.07, 6.45) is 14.8. The largest absolute Gasteiger partial charge is 0.299 e. The van der Waals surface area contributed by atoms with Crippen molar-refractivity contribution < 1.29 is 4.79 Å². The fourth-order valence-corrected chi connectivity index (χ4v) is 2.90. The van der Waals surface area contributed by atoms with Crippen molar-refractivity contribution in [2.45, 2.75) is 60.8 Å². The molecule has 0 aromatic heterocycles. The molecule has 0 unspecified atom stereocenters. The van der Waals surface area contributed by atoms with Crippen molar-refractivity contribution in [2.24, 2.45) is 5.41 Å². The van der Waals surface area contributed by atoms with Gasteiger partial charge in [0, 0.05) is 0 Å². The van der Waals surface area contributed by atoms with Crippen molar-refractivity contribution in [1.29, 1.82) is 0 Å². The van der Waals surface area contributed by atoms with Gasteiger partial charge >= 0.3 is 0 Å². The summed E-state index contributed by atoms with van der Waals surface area (Å²) in [5.41, 5.74) is 6.76. The van der Waals surface area contributed by atoms with Gasteiger partial charge in [0.1, 0.15) is 6.29 Å². The van der Waals surface area contributed by atoms with E-state index in [9.17, 15) is 4.79 Å². The maximum atomic E-state index is 10.4. The second kappa shape index (κ2) is 8.12. The summed E-state index contributed by atoms with van der Waals surface area (Å²) >= 11 is 0. The third kappa shape index (κ3) is 5.29. The van der Waals surface area contributed by atoms with Crippen molar-refractivity contribution in [1.82, 2.24) is 0 Å². The van der Waals surface area contributed by atoms with Crippen molar-refractivity contribution in [3.05, 3.63) is 58.2 Å². The van der Waals surface area contributed by atoms with Crippen molar-refractivity contribution in [3.63, 3.8) is 0 Å². The minimum absolute atomic E-state index is 0.284. The zero-order chi connectivity index (χ0) is 16.8. The van der Waals surface area contributed by atoms with Crippen LogP contribution in [0.3, 0.4) is 0 Å². The first-order valence-electron chi connectivity index (χ1n) is 8.14. The first-order valence-corrected chi connectivity index (χ1v) is 8.14. The molecular formula is C21H30O. The molecule has 0 spiro atoms. The minimum Gasteiger partial charge on any atom is -0.299 e. The monoisotopic (exact) mass is 298 g/mol. The molecular weight excluding hydrogens is 268 g/mol. The second-order valence-corrected chi connectivity index (χ2v) is 7.01. The smallest absolute Gasteiger partial charge is 0.143 e. The SMILES string of the molecule is CC(C=C/C(C)=C(/C)C=CC1=C(C)CCCC1(C)C)=CC=O. The quantitative estimate of drug-likeness (QED) is 0.340. The van der Waals surface area contributed by atoms with E-state index >= 15 is 0 Å². The molecule has 1 rings (SSSR count). The molecule has 0 saturated heterocycles. The molecule has 0 fully saturated rings. The Morgan fingerprint density at radius 1 is 1.05 bits per heavy atom. The van der Waals surface area contributed by atoms with Crippen LogP contribution in [0.5, 0.6) is 0 Å². The lowest BCUT2D eigenvalue weighted by atomic mass is 9.72. The lowest BCUT2D eigenvalue weighted by Crippen LogP contribution is -2.19. The van der Waals surface area contributed by atoms with Crippen LogP contribution in [-0.4, -0.2) is 6.29 Å². The van der Waals surface area contributed by atoms with Crippen molar-refractivity contribution >= 4 is 6.29 Å². The highest BCUT2D eigenvalue weighted by atomic mass is 16.1. The third-order valence-corrected chi connectivity index (χ3v) is 4.59. The molecule has 0 atom stereocenters. The summed E-state index contributed by atoms with van der Waals surface area (Å²) in [4.78, 5) is 10.4. The summed E-state index contributed by atoms with van der Waals surface area (Å²) in [5, 5.41) is 0. The van der Waals surface area contributed by atoms with E-state index < -0.39 is 0 Å². The Balaban J connectivity index is 2.94. The molecule has 0 aromatic rings. The van der Waals surface area contributed by atoms with Gasteiger partial charge in [-0.1, -0.05) is 43.7 Å². The fourth-order valence-electron chi connectivity index (χ4n) is 2.90. The van der Waals surface area contributed by atoms with Gasteiger partial charge in [-0.05, 0) is 80.7 Å². The first kappa shape index (κ1) is 18.4. The molecule has 1 aliphatic carbocycles. The van der Waals surface area contributed by atoms with E-state index in [1.807, 2.05) is 13.0 Å². The van der Waals surface area contributed by atoms with Gasteiger partial charge in [0.25, 0.3) is 0 Å². The van der Waals surface area contributed by atoms with Crippen LogP contribution in [0.2, 0.25) is 0 Å². The van der Waals surface area contributed by atoms with E-state index in [-0.39, 0.29) is 5.41 Å². The van der Waals surface area contributed by atoms with Crippen LogP contribution < -0.4 is 0 Å². The van der Waals surface area contributed by atoms with Gasteiger partial charge in [-0.3, -0.25) is 4.79 Å². The van der Waals surface area contributed by atoms with Crippen molar-refractivity contribution in [2.75, 3.05) is 0 Å². The van der Waals surface area contributed by atoms with E-state index in [0.29, 0.717) is 0 Å². The van der Waals surface area contributed by atoms with E-state index in [1.165, 1.54) is 41.6 Å². The topological polar surface area (TPSA) is 17.1 Å². The molecule has 0 saturated carbocycles. The highest BCUT2D eigenvalue weighted by Gasteiger charge is 2.26. The molecule has 0 N–H and O–H groups in total. The summed E-state index contributed by atoms with van der Waals surface area (Å²) in [7, 11) is 0. The van der Waals surface area contributed by atoms with E-state index in [4.69, 9.17) is 0 Å². The Kier molecular flexibility index (Phi) is 6.80. The molecule has 0 aliphatic heterocycles. The van der Waals surface area contributed by atoms with Gasteiger partial charge < -0.3 is 0 Å². The molecule has 1 nitrogen and oxygen atoms in total. The molecule has 1 heteroatoms. The van der Waals surface area contributed by atoms with Gasteiger partial charge in [0.2, 0.25) is 0 Å². The molecule has 0 heterocycles. The van der Waals surface area contributed by atoms with Crippen LogP contribution in [0.1, 0.15) is 60.8 Å². The average Bonchev–Trinajstić information content (AvgIpc) is 2.43. The normalized spacial score (nSPS) is 20.7. The lowest BCUT2D eigenvalue weighted by molar-refractivity contribution is -0.104. The van der Waals surface area contributed by atoms with Crippen molar-refractivity contribution in [3.8, 4) is 0 Å². The van der Waals surface area contributed by atoms with Crippen LogP contribution in [0.4, 0.5) is 0 Å². The number of carbonyl (C=O) groups is 1. The number of allylic oxidation sites excluding steroid dienone is 10. The highest BCUT2D eigenvalue weighted by Crippen LogP contribution is 2.40. The molecule has 120 valence electrons. The number of aldehydes is 1. The van der Waals surface area contributed by atoms with Crippen LogP contribution in [0.15, 0.2) is 58.2 Å². The fraction of sp³-hybridized carbons (Fsp3) is 0.476. The second-order valence-electron chi connectivity index (χ2n) is 7.01. The zero-order valence-corrected chi connectivity index (χ0v) is 15.0. The molecule has 0 amide bonds. The summed E-state index contributed by atoms with van der Waals surface area (Å²) in [5.74, 6) is 0. The molecule has 1 aliphatic rings. The van der Waals surface area contributed by atoms with Gasteiger partial charge in [-0.15, -0.1) is 0 Å². The maximum absolute atomic E-state index is 10.4. The van der Waals surface area contributed by atoms with Crippen LogP contribution >= 0.6 is 0 Å². The number of rotatable bonds is 5. The standard InChI is InChI=1S/C21H30O/c1-16(13-15-22)9-10-17(2)18(3)11-12-20-19(4)8-7-14-21(20,5)6/h9-13,15H,7-8,14H2,1-6H3/b10-9?,12-11?,16-13?,18-17-. The Hall–Kier alpha value is -1.63. The minimum atomic E-state index is 0.284. The Labute approximate surface area is 136 Å². The Morgan fingerprint density at radius 3 is 2.27 bits per heavy atom.